The molecule has 0 amide bonds. The van der Waals surface area contributed by atoms with Gasteiger partial charge in [0.25, 0.3) is 0 Å². The van der Waals surface area contributed by atoms with Gasteiger partial charge in [0.2, 0.25) is 0 Å². The van der Waals surface area contributed by atoms with E-state index in [9.17, 15) is 14.4 Å². The summed E-state index contributed by atoms with van der Waals surface area (Å²) in [5.74, 6) is -1.64. The monoisotopic (exact) mass is 338 g/mol. The Morgan fingerprint density at radius 1 is 0.958 bits per heavy atom. The average molecular weight is 338 g/mol. The molecule has 0 heterocycles. The molecule has 0 aliphatic heterocycles. The van der Waals surface area contributed by atoms with Gasteiger partial charge in [-0.3, -0.25) is 0 Å². The number of carbonyl (C=O) groups is 3. The van der Waals surface area contributed by atoms with Crippen LogP contribution >= 0.6 is 0 Å². The summed E-state index contributed by atoms with van der Waals surface area (Å²) < 4.78 is 20.0. The molecule has 1 aromatic carbocycles. The molecule has 0 aliphatic carbocycles. The van der Waals surface area contributed by atoms with Gasteiger partial charge in [0.05, 0.1) is 18.8 Å². The van der Waals surface area contributed by atoms with Gasteiger partial charge in [-0.05, 0) is 46.8 Å². The van der Waals surface area contributed by atoms with Crippen molar-refractivity contribution in [2.24, 2.45) is 0 Å². The minimum Gasteiger partial charge on any atom is -0.462 e. The highest BCUT2D eigenvalue weighted by atomic mass is 16.7. The van der Waals surface area contributed by atoms with Gasteiger partial charge in [-0.25, -0.2) is 14.4 Å². The lowest BCUT2D eigenvalue weighted by Crippen LogP contribution is -2.27. The molecule has 7 nitrogen and oxygen atoms in total. The number of hydrogen-bond acceptors (Lipinski definition) is 7. The summed E-state index contributed by atoms with van der Waals surface area (Å²) in [5, 5.41) is 0. The molecule has 0 N–H and O–H groups in total. The van der Waals surface area contributed by atoms with E-state index in [1.165, 1.54) is 18.2 Å². The maximum Gasteiger partial charge on any atom is 0.514 e. The first-order valence-electron chi connectivity index (χ1n) is 7.57. The first-order valence-corrected chi connectivity index (χ1v) is 7.57. The molecule has 24 heavy (non-hydrogen) atoms. The molecular formula is C17H22O7. The topological polar surface area (TPSA) is 88.1 Å². The van der Waals surface area contributed by atoms with Gasteiger partial charge in [-0.1, -0.05) is 6.07 Å². The van der Waals surface area contributed by atoms with Crippen LogP contribution in [0.15, 0.2) is 18.2 Å². The second-order valence-corrected chi connectivity index (χ2v) is 5.69. The number of benzene rings is 1. The third kappa shape index (κ3) is 5.57. The lowest BCUT2D eigenvalue weighted by Gasteiger charge is -2.19. The van der Waals surface area contributed by atoms with Crippen LogP contribution in [0.4, 0.5) is 4.79 Å². The van der Waals surface area contributed by atoms with E-state index < -0.39 is 23.7 Å². The van der Waals surface area contributed by atoms with Crippen LogP contribution in [0.2, 0.25) is 0 Å². The molecule has 0 saturated heterocycles. The van der Waals surface area contributed by atoms with Gasteiger partial charge < -0.3 is 18.9 Å². The normalized spacial score (nSPS) is 10.7. The molecule has 0 unspecified atom stereocenters. The van der Waals surface area contributed by atoms with Crippen molar-refractivity contribution in [3.8, 4) is 5.75 Å². The molecule has 7 heteroatoms. The van der Waals surface area contributed by atoms with Crippen LogP contribution in [0.5, 0.6) is 5.75 Å². The Balaban J connectivity index is 3.23. The van der Waals surface area contributed by atoms with Crippen molar-refractivity contribution in [2.75, 3.05) is 13.2 Å². The third-order valence-corrected chi connectivity index (χ3v) is 2.58. The largest absolute Gasteiger partial charge is 0.514 e. The van der Waals surface area contributed by atoms with Crippen LogP contribution in [0.25, 0.3) is 0 Å². The van der Waals surface area contributed by atoms with E-state index >= 15 is 0 Å². The lowest BCUT2D eigenvalue weighted by atomic mass is 10.1. The minimum atomic E-state index is -0.992. The van der Waals surface area contributed by atoms with E-state index in [0.717, 1.165) is 0 Å². The number of ether oxygens (including phenoxy) is 4. The highest BCUT2D eigenvalue weighted by molar-refractivity contribution is 6.05. The average Bonchev–Trinajstić information content (AvgIpc) is 2.45. The Hall–Kier alpha value is -2.57. The first kappa shape index (κ1) is 19.5. The third-order valence-electron chi connectivity index (χ3n) is 2.58. The highest BCUT2D eigenvalue weighted by Gasteiger charge is 2.27. The number of carbonyl (C=O) groups excluding carboxylic acids is 3. The zero-order valence-electron chi connectivity index (χ0n) is 14.5. The van der Waals surface area contributed by atoms with Gasteiger partial charge in [0.15, 0.2) is 0 Å². The van der Waals surface area contributed by atoms with Crippen molar-refractivity contribution in [1.29, 1.82) is 0 Å². The van der Waals surface area contributed by atoms with Crippen molar-refractivity contribution >= 4 is 18.1 Å². The van der Waals surface area contributed by atoms with Crippen LogP contribution < -0.4 is 4.74 Å². The van der Waals surface area contributed by atoms with Crippen molar-refractivity contribution in [1.82, 2.24) is 0 Å². The highest BCUT2D eigenvalue weighted by Crippen LogP contribution is 2.25. The molecule has 0 radical (unpaired) electrons. The Bertz CT molecular complexity index is 614. The van der Waals surface area contributed by atoms with E-state index in [1.54, 1.807) is 34.6 Å². The van der Waals surface area contributed by atoms with Crippen molar-refractivity contribution in [2.45, 2.75) is 40.2 Å². The van der Waals surface area contributed by atoms with Gasteiger partial charge >= 0.3 is 18.1 Å². The molecule has 0 atom stereocenters. The van der Waals surface area contributed by atoms with E-state index in [4.69, 9.17) is 18.9 Å². The summed E-state index contributed by atoms with van der Waals surface area (Å²) in [6.07, 6.45) is -0.992. The zero-order valence-corrected chi connectivity index (χ0v) is 14.5. The zero-order chi connectivity index (χ0) is 18.3. The molecule has 0 bridgehead atoms. The summed E-state index contributed by atoms with van der Waals surface area (Å²) in [4.78, 5) is 36.1. The standard InChI is InChI=1S/C17H22O7/c1-6-21-14(18)11-9-8-10-12(13(11)15(19)22-7-2)23-16(20)24-17(3,4)5/h8-10H,6-7H2,1-5H3. The summed E-state index contributed by atoms with van der Waals surface area (Å²) in [7, 11) is 0. The van der Waals surface area contributed by atoms with E-state index in [-0.39, 0.29) is 30.1 Å². The quantitative estimate of drug-likeness (QED) is 0.462. The van der Waals surface area contributed by atoms with Crippen LogP contribution in [0.1, 0.15) is 55.3 Å². The van der Waals surface area contributed by atoms with Crippen LogP contribution in [0, 0.1) is 0 Å². The Labute approximate surface area is 140 Å². The SMILES string of the molecule is CCOC(=O)c1cccc(OC(=O)OC(C)(C)C)c1C(=O)OCC. The Morgan fingerprint density at radius 2 is 1.54 bits per heavy atom. The molecule has 0 saturated carbocycles. The smallest absolute Gasteiger partial charge is 0.462 e. The van der Waals surface area contributed by atoms with Gasteiger partial charge in [0, 0.05) is 0 Å². The molecule has 0 aromatic heterocycles. The predicted molar refractivity (Wildman–Crippen MR) is 85.2 cm³/mol. The number of rotatable bonds is 5. The Kier molecular flexibility index (Phi) is 6.76. The first-order chi connectivity index (χ1) is 11.2. The van der Waals surface area contributed by atoms with Crippen LogP contribution in [-0.2, 0) is 14.2 Å². The summed E-state index contributed by atoms with van der Waals surface area (Å²) in [6, 6.07) is 4.24. The van der Waals surface area contributed by atoms with Crippen molar-refractivity contribution < 1.29 is 33.3 Å². The molecule has 1 aromatic rings. The fraction of sp³-hybridized carbons (Fsp3) is 0.471. The predicted octanol–water partition coefficient (Wildman–Crippen LogP) is 3.35. The fourth-order valence-corrected chi connectivity index (χ4v) is 1.77. The fourth-order valence-electron chi connectivity index (χ4n) is 1.77. The summed E-state index contributed by atoms with van der Waals surface area (Å²) in [6.45, 7) is 8.53. The van der Waals surface area contributed by atoms with Crippen LogP contribution in [-0.4, -0.2) is 36.9 Å². The van der Waals surface area contributed by atoms with Crippen molar-refractivity contribution in [3.05, 3.63) is 29.3 Å². The molecule has 1 rings (SSSR count). The molecule has 0 spiro atoms. The van der Waals surface area contributed by atoms with Crippen molar-refractivity contribution in [3.63, 3.8) is 0 Å². The minimum absolute atomic E-state index is 0.0450. The maximum absolute atomic E-state index is 12.2. The molecule has 0 fully saturated rings. The summed E-state index contributed by atoms with van der Waals surface area (Å²) >= 11 is 0. The van der Waals surface area contributed by atoms with Gasteiger partial charge in [0.1, 0.15) is 16.9 Å². The van der Waals surface area contributed by atoms with E-state index in [2.05, 4.69) is 0 Å². The number of esters is 2. The maximum atomic E-state index is 12.2. The number of hydrogen-bond donors (Lipinski definition) is 0. The van der Waals surface area contributed by atoms with Crippen LogP contribution in [0.3, 0.4) is 0 Å². The Morgan fingerprint density at radius 3 is 2.08 bits per heavy atom. The lowest BCUT2D eigenvalue weighted by molar-refractivity contribution is 0.0200. The van der Waals surface area contributed by atoms with Gasteiger partial charge in [-0.2, -0.15) is 0 Å². The molecule has 132 valence electrons. The van der Waals surface area contributed by atoms with E-state index in [1.807, 2.05) is 0 Å². The second-order valence-electron chi connectivity index (χ2n) is 5.69. The van der Waals surface area contributed by atoms with E-state index in [0.29, 0.717) is 0 Å². The second kappa shape index (κ2) is 8.33. The van der Waals surface area contributed by atoms with Gasteiger partial charge in [-0.15, -0.1) is 0 Å². The molecular weight excluding hydrogens is 316 g/mol. The summed E-state index contributed by atoms with van der Waals surface area (Å²) in [5.41, 5.74) is -0.986. The molecule has 0 aliphatic rings.